The fourth-order valence-electron chi connectivity index (χ4n) is 4.07. The van der Waals surface area contributed by atoms with Crippen molar-refractivity contribution in [2.45, 2.75) is 31.5 Å². The number of benzene rings is 1. The molecule has 134 valence electrons. The van der Waals surface area contributed by atoms with E-state index in [4.69, 9.17) is 9.84 Å². The third-order valence-electron chi connectivity index (χ3n) is 5.46. The minimum absolute atomic E-state index is 0.144. The number of aryl methyl sites for hydroxylation is 1. The molecule has 4 N–H and O–H groups in total. The Morgan fingerprint density at radius 2 is 1.88 bits per heavy atom. The maximum atomic E-state index is 10.4. The third kappa shape index (κ3) is 4.77. The van der Waals surface area contributed by atoms with E-state index in [9.17, 15) is 5.11 Å². The first-order valence-electron chi connectivity index (χ1n) is 9.41. The molecule has 1 aromatic carbocycles. The lowest BCUT2D eigenvalue weighted by molar-refractivity contribution is -1.01. The van der Waals surface area contributed by atoms with Crippen molar-refractivity contribution in [3.05, 3.63) is 35.4 Å². The average molecular weight is 336 g/mol. The van der Waals surface area contributed by atoms with Crippen LogP contribution in [0, 0.1) is 0 Å². The number of piperazine rings is 1. The monoisotopic (exact) mass is 336 g/mol. The Kier molecular flexibility index (Phi) is 6.63. The van der Waals surface area contributed by atoms with Gasteiger partial charge in [0.15, 0.2) is 0 Å². The first-order chi connectivity index (χ1) is 11.8. The van der Waals surface area contributed by atoms with Gasteiger partial charge in [-0.3, -0.25) is 0 Å². The predicted octanol–water partition coefficient (Wildman–Crippen LogP) is -1.78. The van der Waals surface area contributed by atoms with Gasteiger partial charge in [0.05, 0.1) is 19.3 Å². The SMILES string of the molecule is OCC[NH+]1CC[NH+](C[C@@H](O)CO[C@H]2CCCc3ccccc32)CC1. The largest absolute Gasteiger partial charge is 0.391 e. The maximum absolute atomic E-state index is 10.4. The van der Waals surface area contributed by atoms with E-state index in [2.05, 4.69) is 24.3 Å². The zero-order valence-corrected chi connectivity index (χ0v) is 14.5. The van der Waals surface area contributed by atoms with E-state index in [1.165, 1.54) is 27.3 Å². The third-order valence-corrected chi connectivity index (χ3v) is 5.46. The van der Waals surface area contributed by atoms with E-state index < -0.39 is 6.10 Å². The molecule has 0 aromatic heterocycles. The smallest absolute Gasteiger partial charge is 0.127 e. The van der Waals surface area contributed by atoms with Crippen LogP contribution in [-0.2, 0) is 11.2 Å². The number of hydrogen-bond donors (Lipinski definition) is 4. The molecule has 1 saturated heterocycles. The van der Waals surface area contributed by atoms with Gasteiger partial charge in [-0.1, -0.05) is 24.3 Å². The van der Waals surface area contributed by atoms with Crippen LogP contribution in [-0.4, -0.2) is 68.8 Å². The fourth-order valence-corrected chi connectivity index (χ4v) is 4.07. The highest BCUT2D eigenvalue weighted by Gasteiger charge is 2.26. The summed E-state index contributed by atoms with van der Waals surface area (Å²) in [5, 5.41) is 19.4. The normalized spacial score (nSPS) is 28.3. The van der Waals surface area contributed by atoms with Crippen molar-refractivity contribution in [2.24, 2.45) is 0 Å². The van der Waals surface area contributed by atoms with Crippen molar-refractivity contribution in [1.29, 1.82) is 0 Å². The lowest BCUT2D eigenvalue weighted by atomic mass is 9.89. The highest BCUT2D eigenvalue weighted by molar-refractivity contribution is 5.31. The second-order valence-electron chi connectivity index (χ2n) is 7.24. The maximum Gasteiger partial charge on any atom is 0.127 e. The molecule has 0 spiro atoms. The summed E-state index contributed by atoms with van der Waals surface area (Å²) in [6, 6.07) is 8.53. The summed E-state index contributed by atoms with van der Waals surface area (Å²) in [6.07, 6.45) is 3.11. The molecule has 1 heterocycles. The molecule has 0 amide bonds. The van der Waals surface area contributed by atoms with Crippen LogP contribution in [0.15, 0.2) is 24.3 Å². The molecule has 5 nitrogen and oxygen atoms in total. The number of nitrogens with one attached hydrogen (secondary N) is 2. The topological polar surface area (TPSA) is 58.6 Å². The van der Waals surface area contributed by atoms with Crippen LogP contribution in [0.1, 0.15) is 30.1 Å². The summed E-state index contributed by atoms with van der Waals surface area (Å²) in [7, 11) is 0. The van der Waals surface area contributed by atoms with E-state index in [-0.39, 0.29) is 12.7 Å². The van der Waals surface area contributed by atoms with Crippen LogP contribution >= 0.6 is 0 Å². The minimum Gasteiger partial charge on any atom is -0.391 e. The van der Waals surface area contributed by atoms with Gasteiger partial charge < -0.3 is 24.7 Å². The van der Waals surface area contributed by atoms with Gasteiger partial charge in [-0.2, -0.15) is 0 Å². The highest BCUT2D eigenvalue weighted by atomic mass is 16.5. The predicted molar refractivity (Wildman–Crippen MR) is 92.3 cm³/mol. The van der Waals surface area contributed by atoms with Crippen molar-refractivity contribution in [2.75, 3.05) is 52.5 Å². The van der Waals surface area contributed by atoms with Crippen molar-refractivity contribution < 1.29 is 24.7 Å². The molecule has 2 atom stereocenters. The second-order valence-corrected chi connectivity index (χ2v) is 7.24. The fraction of sp³-hybridized carbons (Fsp3) is 0.684. The molecule has 0 bridgehead atoms. The van der Waals surface area contributed by atoms with Crippen molar-refractivity contribution in [1.82, 2.24) is 0 Å². The number of aliphatic hydroxyl groups is 2. The lowest BCUT2D eigenvalue weighted by Crippen LogP contribution is -3.28. The van der Waals surface area contributed by atoms with Crippen LogP contribution in [0.2, 0.25) is 0 Å². The first kappa shape index (κ1) is 17.8. The molecule has 3 rings (SSSR count). The molecule has 1 aliphatic carbocycles. The molecule has 1 fully saturated rings. The van der Waals surface area contributed by atoms with Gasteiger partial charge in [0.25, 0.3) is 0 Å². The van der Waals surface area contributed by atoms with Gasteiger partial charge in [-0.25, -0.2) is 0 Å². The summed E-state index contributed by atoms with van der Waals surface area (Å²) < 4.78 is 6.07. The second kappa shape index (κ2) is 8.92. The summed E-state index contributed by atoms with van der Waals surface area (Å²) in [6.45, 7) is 6.61. The van der Waals surface area contributed by atoms with Gasteiger partial charge >= 0.3 is 0 Å². The zero-order valence-electron chi connectivity index (χ0n) is 14.5. The van der Waals surface area contributed by atoms with Crippen molar-refractivity contribution in [3.8, 4) is 0 Å². The molecule has 0 radical (unpaired) electrons. The van der Waals surface area contributed by atoms with Crippen LogP contribution in [0.25, 0.3) is 0 Å². The first-order valence-corrected chi connectivity index (χ1v) is 9.41. The minimum atomic E-state index is -0.395. The quantitative estimate of drug-likeness (QED) is 0.476. The Balaban J connectivity index is 1.41. The highest BCUT2D eigenvalue weighted by Crippen LogP contribution is 2.32. The number of fused-ring (bicyclic) bond motifs is 1. The van der Waals surface area contributed by atoms with Crippen molar-refractivity contribution >= 4 is 0 Å². The summed E-state index contributed by atoms with van der Waals surface area (Å²) in [4.78, 5) is 2.93. The van der Waals surface area contributed by atoms with Gasteiger partial charge in [-0.05, 0) is 30.4 Å². The van der Waals surface area contributed by atoms with E-state index in [0.29, 0.717) is 6.61 Å². The Hall–Kier alpha value is -0.980. The molecule has 1 aromatic rings. The van der Waals surface area contributed by atoms with E-state index in [1.807, 2.05) is 0 Å². The molecule has 1 aliphatic heterocycles. The number of quaternary nitrogens is 2. The Morgan fingerprint density at radius 3 is 2.67 bits per heavy atom. The van der Waals surface area contributed by atoms with Crippen LogP contribution in [0.5, 0.6) is 0 Å². The van der Waals surface area contributed by atoms with Gasteiger partial charge in [-0.15, -0.1) is 0 Å². The number of hydrogen-bond acceptors (Lipinski definition) is 3. The van der Waals surface area contributed by atoms with E-state index in [1.54, 1.807) is 0 Å². The Labute approximate surface area is 144 Å². The summed E-state index contributed by atoms with van der Waals surface area (Å²) in [5.74, 6) is 0. The van der Waals surface area contributed by atoms with Gasteiger partial charge in [0.1, 0.15) is 45.4 Å². The Morgan fingerprint density at radius 1 is 1.12 bits per heavy atom. The molecular weight excluding hydrogens is 304 g/mol. The lowest BCUT2D eigenvalue weighted by Gasteiger charge is -2.31. The van der Waals surface area contributed by atoms with Crippen LogP contribution in [0.3, 0.4) is 0 Å². The molecule has 5 heteroatoms. The van der Waals surface area contributed by atoms with Crippen LogP contribution in [0.4, 0.5) is 0 Å². The number of ether oxygens (including phenoxy) is 1. The molecule has 24 heavy (non-hydrogen) atoms. The zero-order chi connectivity index (χ0) is 16.8. The molecule has 2 aliphatic rings. The molecular formula is C19H32N2O3+2. The van der Waals surface area contributed by atoms with Gasteiger partial charge in [0.2, 0.25) is 0 Å². The number of aliphatic hydroxyl groups excluding tert-OH is 2. The van der Waals surface area contributed by atoms with E-state index >= 15 is 0 Å². The Bertz CT molecular complexity index is 503. The molecule has 0 unspecified atom stereocenters. The average Bonchev–Trinajstić information content (AvgIpc) is 2.62. The standard InChI is InChI=1S/C19H30N2O3/c22-13-12-20-8-10-21(11-9-20)14-17(23)15-24-19-7-3-5-16-4-1-2-6-18(16)19/h1-2,4,6,17,19,22-23H,3,5,7-15H2/p+2/t17-,19+/m1/s1. The van der Waals surface area contributed by atoms with E-state index in [0.717, 1.165) is 52.1 Å². The molecule has 0 saturated carbocycles. The summed E-state index contributed by atoms with van der Waals surface area (Å²) >= 11 is 0. The van der Waals surface area contributed by atoms with Crippen LogP contribution < -0.4 is 9.80 Å². The number of rotatable bonds is 7. The summed E-state index contributed by atoms with van der Waals surface area (Å²) in [5.41, 5.74) is 2.71. The van der Waals surface area contributed by atoms with Gasteiger partial charge in [0, 0.05) is 0 Å². The van der Waals surface area contributed by atoms with Crippen molar-refractivity contribution in [3.63, 3.8) is 0 Å².